The Bertz CT molecular complexity index is 796. The van der Waals surface area contributed by atoms with Gasteiger partial charge in [-0.1, -0.05) is 24.3 Å². The maximum absolute atomic E-state index is 12.0. The van der Waals surface area contributed by atoms with Crippen molar-refractivity contribution in [2.24, 2.45) is 0 Å². The molecule has 0 saturated heterocycles. The van der Waals surface area contributed by atoms with Crippen molar-refractivity contribution in [1.82, 2.24) is 15.1 Å². The molecule has 2 N–H and O–H groups in total. The summed E-state index contributed by atoms with van der Waals surface area (Å²) in [5, 5.41) is 9.83. The molecule has 0 fully saturated rings. The lowest BCUT2D eigenvalue weighted by Gasteiger charge is -2.09. The van der Waals surface area contributed by atoms with Crippen molar-refractivity contribution in [2.75, 3.05) is 12.4 Å². The molecule has 0 atom stereocenters. The number of nitrogens with one attached hydrogen (secondary N) is 2. The van der Waals surface area contributed by atoms with E-state index >= 15 is 0 Å². The van der Waals surface area contributed by atoms with Crippen LogP contribution in [0.1, 0.15) is 11.1 Å². The van der Waals surface area contributed by atoms with E-state index in [1.165, 1.54) is 0 Å². The smallest absolute Gasteiger partial charge is 0.319 e. The average molecular weight is 336 g/mol. The van der Waals surface area contributed by atoms with E-state index in [1.807, 2.05) is 65.5 Å². The van der Waals surface area contributed by atoms with Crippen LogP contribution in [0.2, 0.25) is 0 Å². The van der Waals surface area contributed by atoms with E-state index in [-0.39, 0.29) is 6.03 Å². The lowest BCUT2D eigenvalue weighted by Crippen LogP contribution is -2.28. The molecule has 2 aromatic carbocycles. The first-order valence-corrected chi connectivity index (χ1v) is 7.97. The summed E-state index contributed by atoms with van der Waals surface area (Å²) in [5.41, 5.74) is 2.87. The second-order valence-corrected chi connectivity index (χ2v) is 5.56. The standard InChI is InChI=1S/C19H20N4O2/c1-25-18-9-5-15(6-10-18)13-20-19(24)22-17-7-3-16(4-8-17)14-23-12-2-11-21-23/h2-12H,13-14H2,1H3,(H2,20,22,24). The molecule has 6 heteroatoms. The fourth-order valence-corrected chi connectivity index (χ4v) is 2.38. The summed E-state index contributed by atoms with van der Waals surface area (Å²) in [6.07, 6.45) is 3.67. The zero-order valence-electron chi connectivity index (χ0n) is 14.0. The number of aromatic nitrogens is 2. The van der Waals surface area contributed by atoms with Crippen molar-refractivity contribution >= 4 is 11.7 Å². The second-order valence-electron chi connectivity index (χ2n) is 5.56. The molecule has 3 aromatic rings. The molecule has 0 unspecified atom stereocenters. The predicted octanol–water partition coefficient (Wildman–Crippen LogP) is 3.26. The molecule has 0 saturated carbocycles. The summed E-state index contributed by atoms with van der Waals surface area (Å²) >= 11 is 0. The number of benzene rings is 2. The van der Waals surface area contributed by atoms with E-state index in [0.29, 0.717) is 13.1 Å². The van der Waals surface area contributed by atoms with Crippen LogP contribution >= 0.6 is 0 Å². The zero-order chi connectivity index (χ0) is 17.5. The van der Waals surface area contributed by atoms with Crippen LogP contribution in [0.25, 0.3) is 0 Å². The first-order valence-electron chi connectivity index (χ1n) is 7.97. The lowest BCUT2D eigenvalue weighted by atomic mass is 10.2. The van der Waals surface area contributed by atoms with E-state index in [1.54, 1.807) is 13.3 Å². The van der Waals surface area contributed by atoms with Gasteiger partial charge in [-0.3, -0.25) is 4.68 Å². The number of amides is 2. The van der Waals surface area contributed by atoms with Gasteiger partial charge in [0.15, 0.2) is 0 Å². The Hall–Kier alpha value is -3.28. The molecule has 1 aromatic heterocycles. The molecular formula is C19H20N4O2. The minimum absolute atomic E-state index is 0.240. The van der Waals surface area contributed by atoms with Gasteiger partial charge in [-0.15, -0.1) is 0 Å². The molecule has 6 nitrogen and oxygen atoms in total. The molecule has 128 valence electrons. The Labute approximate surface area is 146 Å². The van der Waals surface area contributed by atoms with Gasteiger partial charge in [0.05, 0.1) is 13.7 Å². The Balaban J connectivity index is 1.48. The molecule has 3 rings (SSSR count). The minimum Gasteiger partial charge on any atom is -0.497 e. The van der Waals surface area contributed by atoms with Crippen molar-refractivity contribution in [3.05, 3.63) is 78.1 Å². The van der Waals surface area contributed by atoms with E-state index in [0.717, 1.165) is 22.6 Å². The lowest BCUT2D eigenvalue weighted by molar-refractivity contribution is 0.251. The second kappa shape index (κ2) is 8.01. The highest BCUT2D eigenvalue weighted by molar-refractivity contribution is 5.89. The Morgan fingerprint density at radius 3 is 2.44 bits per heavy atom. The van der Waals surface area contributed by atoms with Gasteiger partial charge in [-0.2, -0.15) is 5.10 Å². The number of carbonyl (C=O) groups excluding carboxylic acids is 1. The molecule has 0 aliphatic carbocycles. The number of methoxy groups -OCH3 is 1. The maximum atomic E-state index is 12.0. The van der Waals surface area contributed by atoms with Crippen LogP contribution in [0.5, 0.6) is 5.75 Å². The van der Waals surface area contributed by atoms with Gasteiger partial charge < -0.3 is 15.4 Å². The molecule has 25 heavy (non-hydrogen) atoms. The molecule has 2 amide bonds. The largest absolute Gasteiger partial charge is 0.497 e. The summed E-state index contributed by atoms with van der Waals surface area (Å²) in [7, 11) is 1.63. The molecule has 0 radical (unpaired) electrons. The van der Waals surface area contributed by atoms with Crippen molar-refractivity contribution < 1.29 is 9.53 Å². The van der Waals surface area contributed by atoms with E-state index < -0.39 is 0 Å². The normalized spacial score (nSPS) is 10.3. The van der Waals surface area contributed by atoms with Crippen molar-refractivity contribution in [2.45, 2.75) is 13.1 Å². The molecule has 0 bridgehead atoms. The van der Waals surface area contributed by atoms with Crippen LogP contribution in [-0.2, 0) is 13.1 Å². The van der Waals surface area contributed by atoms with Gasteiger partial charge in [-0.25, -0.2) is 4.79 Å². The summed E-state index contributed by atoms with van der Waals surface area (Å²) in [6.45, 7) is 1.16. The topological polar surface area (TPSA) is 68.2 Å². The number of ether oxygens (including phenoxy) is 1. The van der Waals surface area contributed by atoms with Crippen LogP contribution in [0.15, 0.2) is 67.0 Å². The first kappa shape index (κ1) is 16.6. The van der Waals surface area contributed by atoms with Crippen molar-refractivity contribution in [1.29, 1.82) is 0 Å². The molecule has 0 aliphatic rings. The zero-order valence-corrected chi connectivity index (χ0v) is 14.0. The van der Waals surface area contributed by atoms with Crippen LogP contribution in [-0.4, -0.2) is 22.9 Å². The third-order valence-corrected chi connectivity index (χ3v) is 3.73. The molecule has 1 heterocycles. The Morgan fingerprint density at radius 1 is 1.08 bits per heavy atom. The highest BCUT2D eigenvalue weighted by atomic mass is 16.5. The highest BCUT2D eigenvalue weighted by Gasteiger charge is 2.03. The number of rotatable bonds is 6. The quantitative estimate of drug-likeness (QED) is 0.726. The summed E-state index contributed by atoms with van der Waals surface area (Å²) in [6, 6.07) is 16.9. The van der Waals surface area contributed by atoms with Gasteiger partial charge in [-0.05, 0) is 41.5 Å². The van der Waals surface area contributed by atoms with Crippen LogP contribution < -0.4 is 15.4 Å². The molecular weight excluding hydrogens is 316 g/mol. The van der Waals surface area contributed by atoms with Crippen LogP contribution in [0.3, 0.4) is 0 Å². The minimum atomic E-state index is -0.240. The third kappa shape index (κ3) is 4.84. The van der Waals surface area contributed by atoms with E-state index in [2.05, 4.69) is 15.7 Å². The molecule has 0 aliphatic heterocycles. The van der Waals surface area contributed by atoms with Crippen molar-refractivity contribution in [3.63, 3.8) is 0 Å². The molecule has 0 spiro atoms. The summed E-state index contributed by atoms with van der Waals surface area (Å²) in [4.78, 5) is 12.0. The Morgan fingerprint density at radius 2 is 1.80 bits per heavy atom. The SMILES string of the molecule is COc1ccc(CNC(=O)Nc2ccc(Cn3cccn3)cc2)cc1. The van der Waals surface area contributed by atoms with Gasteiger partial charge in [0, 0.05) is 24.6 Å². The van der Waals surface area contributed by atoms with Crippen molar-refractivity contribution in [3.8, 4) is 5.75 Å². The highest BCUT2D eigenvalue weighted by Crippen LogP contribution is 2.12. The summed E-state index contributed by atoms with van der Waals surface area (Å²) < 4.78 is 6.96. The first-order chi connectivity index (χ1) is 12.2. The van der Waals surface area contributed by atoms with Gasteiger partial charge in [0.25, 0.3) is 0 Å². The van der Waals surface area contributed by atoms with Crippen LogP contribution in [0.4, 0.5) is 10.5 Å². The number of anilines is 1. The maximum Gasteiger partial charge on any atom is 0.319 e. The number of hydrogen-bond donors (Lipinski definition) is 2. The van der Waals surface area contributed by atoms with Gasteiger partial charge >= 0.3 is 6.03 Å². The number of nitrogens with zero attached hydrogens (tertiary/aromatic N) is 2. The van der Waals surface area contributed by atoms with Gasteiger partial charge in [0.2, 0.25) is 0 Å². The van der Waals surface area contributed by atoms with E-state index in [9.17, 15) is 4.79 Å². The third-order valence-electron chi connectivity index (χ3n) is 3.73. The monoisotopic (exact) mass is 336 g/mol. The van der Waals surface area contributed by atoms with Crippen LogP contribution in [0, 0.1) is 0 Å². The Kier molecular flexibility index (Phi) is 5.31. The van der Waals surface area contributed by atoms with Gasteiger partial charge in [0.1, 0.15) is 5.75 Å². The average Bonchev–Trinajstić information content (AvgIpc) is 3.15. The predicted molar refractivity (Wildman–Crippen MR) is 96.6 cm³/mol. The summed E-state index contributed by atoms with van der Waals surface area (Å²) in [5.74, 6) is 0.795. The fourth-order valence-electron chi connectivity index (χ4n) is 2.38. The number of carbonyl (C=O) groups is 1. The fraction of sp³-hybridized carbons (Fsp3) is 0.158. The number of urea groups is 1. The van der Waals surface area contributed by atoms with E-state index in [4.69, 9.17) is 4.74 Å². The number of hydrogen-bond acceptors (Lipinski definition) is 3.